The number of halogens is 2. The summed E-state index contributed by atoms with van der Waals surface area (Å²) >= 11 is 12.7. The molecule has 0 unspecified atom stereocenters. The molecule has 1 amide bonds. The zero-order chi connectivity index (χ0) is 38.1. The van der Waals surface area contributed by atoms with Crippen molar-refractivity contribution in [2.75, 3.05) is 43.9 Å². The lowest BCUT2D eigenvalue weighted by molar-refractivity contribution is -0.136. The Kier molecular flexibility index (Phi) is 12.9. The largest absolute Gasteiger partial charge is 0.497 e. The monoisotopic (exact) mass is 777 g/mol. The fourth-order valence-electron chi connectivity index (χ4n) is 8.01. The van der Waals surface area contributed by atoms with Crippen molar-refractivity contribution in [1.82, 2.24) is 14.9 Å². The summed E-state index contributed by atoms with van der Waals surface area (Å²) < 4.78 is 5.55. The van der Waals surface area contributed by atoms with Gasteiger partial charge < -0.3 is 20.3 Å². The number of hydrogen-bond donors (Lipinski definition) is 2. The second-order valence-electron chi connectivity index (χ2n) is 14.7. The molecule has 4 aromatic carbocycles. The molecule has 1 aliphatic rings. The van der Waals surface area contributed by atoms with Crippen LogP contribution in [-0.2, 0) is 4.79 Å². The minimum Gasteiger partial charge on any atom is -0.497 e. The summed E-state index contributed by atoms with van der Waals surface area (Å²) in [5, 5.41) is 12.5. The summed E-state index contributed by atoms with van der Waals surface area (Å²) in [7, 11) is 1.67. The van der Waals surface area contributed by atoms with Crippen molar-refractivity contribution in [3.05, 3.63) is 88.4 Å². The number of ether oxygens (including phenoxy) is 1. The molecule has 6 aromatic rings. The molecular weight excluding hydrogens is 729 g/mol. The Labute approximate surface area is 332 Å². The van der Waals surface area contributed by atoms with E-state index in [0.29, 0.717) is 41.2 Å². The molecule has 0 saturated heterocycles. The molecule has 0 spiro atoms. The zero-order valence-electron chi connectivity index (χ0n) is 31.5. The van der Waals surface area contributed by atoms with Gasteiger partial charge in [-0.1, -0.05) is 61.7 Å². The molecule has 0 radical (unpaired) electrons. The average molecular weight is 779 g/mol. The summed E-state index contributed by atoms with van der Waals surface area (Å²) in [5.74, 6) is 1.16. The van der Waals surface area contributed by atoms with E-state index in [1.807, 2.05) is 66.7 Å². The van der Waals surface area contributed by atoms with Gasteiger partial charge in [-0.25, -0.2) is 9.97 Å². The highest BCUT2D eigenvalue weighted by Crippen LogP contribution is 2.35. The third-order valence-electron chi connectivity index (χ3n) is 10.9. The molecule has 0 bridgehead atoms. The van der Waals surface area contributed by atoms with Crippen LogP contribution < -0.4 is 15.4 Å². The number of carbonyl (C=O) groups excluding carboxylic acids is 2. The van der Waals surface area contributed by atoms with Crippen molar-refractivity contribution in [2.24, 2.45) is 5.92 Å². The number of anilines is 2. The number of carbonyl (C=O) groups is 2. The number of rotatable bonds is 14. The van der Waals surface area contributed by atoms with Gasteiger partial charge in [0.25, 0.3) is 0 Å². The van der Waals surface area contributed by atoms with Crippen molar-refractivity contribution in [3.63, 3.8) is 0 Å². The van der Waals surface area contributed by atoms with Crippen molar-refractivity contribution >= 4 is 90.4 Å². The maximum atomic E-state index is 14.3. The molecular formula is C45H49Cl2N5O3. The molecule has 7 rings (SSSR count). The first-order valence-electron chi connectivity index (χ1n) is 19.7. The molecule has 286 valence electrons. The summed E-state index contributed by atoms with van der Waals surface area (Å²) in [6.07, 6.45) is 12.6. The highest BCUT2D eigenvalue weighted by atomic mass is 35.5. The predicted molar refractivity (Wildman–Crippen MR) is 228 cm³/mol. The van der Waals surface area contributed by atoms with Gasteiger partial charge in [0.15, 0.2) is 0 Å². The average Bonchev–Trinajstić information content (AvgIpc) is 3.34. The van der Waals surface area contributed by atoms with Crippen LogP contribution in [-0.4, -0.2) is 60.4 Å². The molecule has 2 aromatic heterocycles. The van der Waals surface area contributed by atoms with E-state index < -0.39 is 0 Å². The van der Waals surface area contributed by atoms with Crippen LogP contribution in [0.1, 0.15) is 81.0 Å². The lowest BCUT2D eigenvalue weighted by atomic mass is 9.95. The van der Waals surface area contributed by atoms with Gasteiger partial charge in [0.05, 0.1) is 40.6 Å². The van der Waals surface area contributed by atoms with Gasteiger partial charge in [0, 0.05) is 69.3 Å². The van der Waals surface area contributed by atoms with Gasteiger partial charge in [0.1, 0.15) is 12.0 Å². The number of benzene rings is 4. The molecule has 0 aliphatic heterocycles. The van der Waals surface area contributed by atoms with Gasteiger partial charge in [-0.3, -0.25) is 9.59 Å². The zero-order valence-corrected chi connectivity index (χ0v) is 33.0. The Bertz CT molecular complexity index is 2310. The number of pyridine rings is 2. The Morgan fingerprint density at radius 2 is 1.25 bits per heavy atom. The fraction of sp³-hybridized carbons (Fsp3) is 0.378. The quantitative estimate of drug-likeness (QED) is 0.0646. The Morgan fingerprint density at radius 1 is 0.691 bits per heavy atom. The van der Waals surface area contributed by atoms with Crippen LogP contribution in [0.25, 0.3) is 43.6 Å². The number of nitrogens with zero attached hydrogens (tertiary/aromatic N) is 3. The van der Waals surface area contributed by atoms with E-state index in [-0.39, 0.29) is 5.92 Å². The number of nitrogens with one attached hydrogen (secondary N) is 2. The topological polar surface area (TPSA) is 96.4 Å². The Morgan fingerprint density at radius 3 is 1.87 bits per heavy atom. The third kappa shape index (κ3) is 9.25. The van der Waals surface area contributed by atoms with Gasteiger partial charge in [-0.2, -0.15) is 0 Å². The lowest BCUT2D eigenvalue weighted by Crippen LogP contribution is -2.38. The second kappa shape index (κ2) is 18.3. The van der Waals surface area contributed by atoms with Crippen LogP contribution in [0.4, 0.5) is 11.4 Å². The number of aromatic nitrogens is 2. The van der Waals surface area contributed by atoms with Crippen molar-refractivity contribution in [1.29, 1.82) is 0 Å². The number of aldehydes is 1. The summed E-state index contributed by atoms with van der Waals surface area (Å²) in [5.41, 5.74) is 5.84. The number of hydrogen-bond acceptors (Lipinski definition) is 7. The van der Waals surface area contributed by atoms with Gasteiger partial charge in [0.2, 0.25) is 5.91 Å². The van der Waals surface area contributed by atoms with Crippen LogP contribution in [0.5, 0.6) is 5.75 Å². The number of fused-ring (bicyclic) bond motifs is 4. The molecule has 1 saturated carbocycles. The Hall–Kier alpha value is -4.66. The van der Waals surface area contributed by atoms with E-state index in [2.05, 4.69) is 15.5 Å². The Balaban J connectivity index is 1.05. The summed E-state index contributed by atoms with van der Waals surface area (Å²) in [6, 6.07) is 23.0. The van der Waals surface area contributed by atoms with Crippen LogP contribution in [0.3, 0.4) is 0 Å². The number of amides is 1. The first-order chi connectivity index (χ1) is 26.9. The standard InChI is InChI=1S/C45H49Cl2N5O3/c1-55-34-16-20-40-38(28-34)44(36-18-15-33(47)27-42(36)51-40)48-21-8-9-23-52(45(54)31-11-6-4-2-3-5-7-12-31)24-10-22-49-43-35-17-14-32(46)26-41(35)50-39-19-13-30(29-53)25-37(39)43/h13-20,25-29,31H,2-12,21-24H2,1H3,(H,48,51)(H,49,50). The van der Waals surface area contributed by atoms with E-state index in [4.69, 9.17) is 37.9 Å². The van der Waals surface area contributed by atoms with Crippen molar-refractivity contribution in [2.45, 2.75) is 70.6 Å². The molecule has 55 heavy (non-hydrogen) atoms. The third-order valence-corrected chi connectivity index (χ3v) is 11.4. The highest BCUT2D eigenvalue weighted by molar-refractivity contribution is 6.32. The molecule has 10 heteroatoms. The molecule has 8 nitrogen and oxygen atoms in total. The predicted octanol–water partition coefficient (Wildman–Crippen LogP) is 11.5. The maximum absolute atomic E-state index is 14.3. The second-order valence-corrected chi connectivity index (χ2v) is 15.6. The SMILES string of the molecule is COc1ccc2nc3cc(Cl)ccc3c(NCCCCN(CCCNc3c4ccc(Cl)cc4nc4ccc(C=O)cc34)C(=O)C3CCCCCCCC3)c2c1. The minimum atomic E-state index is 0.0835. The fourth-order valence-corrected chi connectivity index (χ4v) is 8.34. The normalized spacial score (nSPS) is 14.1. The molecule has 0 atom stereocenters. The summed E-state index contributed by atoms with van der Waals surface area (Å²) in [6.45, 7) is 2.78. The molecule has 2 heterocycles. The van der Waals surface area contributed by atoms with E-state index in [0.717, 1.165) is 119 Å². The van der Waals surface area contributed by atoms with Crippen LogP contribution in [0.15, 0.2) is 72.8 Å². The van der Waals surface area contributed by atoms with E-state index >= 15 is 0 Å². The van der Waals surface area contributed by atoms with E-state index in [1.165, 1.54) is 25.7 Å². The van der Waals surface area contributed by atoms with Gasteiger partial charge in [-0.05, 0) is 105 Å². The first-order valence-corrected chi connectivity index (χ1v) is 20.5. The van der Waals surface area contributed by atoms with E-state index in [9.17, 15) is 9.59 Å². The van der Waals surface area contributed by atoms with Gasteiger partial charge in [-0.15, -0.1) is 0 Å². The van der Waals surface area contributed by atoms with Crippen molar-refractivity contribution in [3.8, 4) is 5.75 Å². The van der Waals surface area contributed by atoms with Crippen LogP contribution >= 0.6 is 23.2 Å². The molecule has 1 fully saturated rings. The van der Waals surface area contributed by atoms with Gasteiger partial charge >= 0.3 is 0 Å². The lowest BCUT2D eigenvalue weighted by Gasteiger charge is -2.28. The molecule has 1 aliphatic carbocycles. The van der Waals surface area contributed by atoms with Crippen LogP contribution in [0, 0.1) is 5.92 Å². The maximum Gasteiger partial charge on any atom is 0.225 e. The minimum absolute atomic E-state index is 0.0835. The summed E-state index contributed by atoms with van der Waals surface area (Å²) in [4.78, 5) is 37.8. The highest BCUT2D eigenvalue weighted by Gasteiger charge is 2.24. The van der Waals surface area contributed by atoms with Crippen LogP contribution in [0.2, 0.25) is 10.0 Å². The molecule has 2 N–H and O–H groups in total. The smallest absolute Gasteiger partial charge is 0.225 e. The van der Waals surface area contributed by atoms with Crippen molar-refractivity contribution < 1.29 is 14.3 Å². The first kappa shape index (κ1) is 38.6. The number of unbranched alkanes of at least 4 members (excludes halogenated alkanes) is 1. The number of methoxy groups -OCH3 is 1. The van der Waals surface area contributed by atoms with E-state index in [1.54, 1.807) is 13.2 Å².